The van der Waals surface area contributed by atoms with Crippen LogP contribution in [0.1, 0.15) is 16.7 Å². The summed E-state index contributed by atoms with van der Waals surface area (Å²) in [5.41, 5.74) is 3.75. The van der Waals surface area contributed by atoms with E-state index in [0.717, 1.165) is 27.8 Å². The Kier molecular flexibility index (Phi) is 5.55. The minimum absolute atomic E-state index is 0.139. The Hall–Kier alpha value is -4.46. The summed E-state index contributed by atoms with van der Waals surface area (Å²) < 4.78 is 12.8. The molecule has 5 rings (SSSR count). The predicted octanol–water partition coefficient (Wildman–Crippen LogP) is 4.26. The van der Waals surface area contributed by atoms with E-state index in [1.54, 1.807) is 18.3 Å². The second-order valence-electron chi connectivity index (χ2n) is 8.11. The number of pyridine rings is 1. The molecule has 0 aliphatic rings. The molecule has 5 aromatic rings. The average Bonchev–Trinajstić information content (AvgIpc) is 3.22. The highest BCUT2D eigenvalue weighted by Gasteiger charge is 2.14. The van der Waals surface area contributed by atoms with Crippen LogP contribution in [0.5, 0.6) is 11.6 Å². The maximum absolute atomic E-state index is 12.8. The molecule has 0 atom stereocenters. The summed E-state index contributed by atoms with van der Waals surface area (Å²) in [5.74, 6) is 0.907. The molecule has 1 N–H and O–H groups in total. The van der Waals surface area contributed by atoms with Gasteiger partial charge in [-0.3, -0.25) is 14.2 Å². The smallest absolute Gasteiger partial charge is 0.297 e. The number of rotatable bonds is 6. The van der Waals surface area contributed by atoms with Crippen molar-refractivity contribution < 1.29 is 13.9 Å². The summed E-state index contributed by atoms with van der Waals surface area (Å²) in [6.07, 6.45) is 3.02. The van der Waals surface area contributed by atoms with Crippen molar-refractivity contribution >= 4 is 28.0 Å². The molecular weight excluding hydrogens is 432 g/mol. The standard InChI is InChI=1S/C26H22N4O4/c1-16-7-8-17(2)21(11-16)33-23-10-9-18(13-28-23)12-27-22(31)14-30-15-29-24-19-5-3-4-6-20(19)34-25(24)26(30)32/h3-11,13,15H,12,14H2,1-2H3,(H,27,31). The lowest BCUT2D eigenvalue weighted by Crippen LogP contribution is -2.32. The first-order chi connectivity index (χ1) is 16.5. The van der Waals surface area contributed by atoms with Crippen molar-refractivity contribution in [2.45, 2.75) is 26.9 Å². The average molecular weight is 454 g/mol. The molecular formula is C26H22N4O4. The third-order valence-corrected chi connectivity index (χ3v) is 5.51. The molecule has 0 spiro atoms. The number of ether oxygens (including phenoxy) is 1. The fourth-order valence-corrected chi connectivity index (χ4v) is 3.64. The van der Waals surface area contributed by atoms with Gasteiger partial charge in [0.25, 0.3) is 5.56 Å². The molecule has 8 heteroatoms. The lowest BCUT2D eigenvalue weighted by molar-refractivity contribution is -0.121. The number of carbonyl (C=O) groups is 1. The lowest BCUT2D eigenvalue weighted by atomic mass is 10.1. The van der Waals surface area contributed by atoms with E-state index in [-0.39, 0.29) is 24.6 Å². The monoisotopic (exact) mass is 454 g/mol. The number of nitrogens with zero attached hydrogens (tertiary/aromatic N) is 3. The van der Waals surface area contributed by atoms with Crippen LogP contribution in [0.4, 0.5) is 0 Å². The van der Waals surface area contributed by atoms with E-state index in [1.807, 2.05) is 56.3 Å². The highest BCUT2D eigenvalue weighted by atomic mass is 16.5. The van der Waals surface area contributed by atoms with Crippen LogP contribution in [0.2, 0.25) is 0 Å². The molecule has 0 aliphatic heterocycles. The van der Waals surface area contributed by atoms with Gasteiger partial charge in [0.1, 0.15) is 23.4 Å². The molecule has 0 saturated heterocycles. The number of fused-ring (bicyclic) bond motifs is 3. The van der Waals surface area contributed by atoms with Crippen LogP contribution in [-0.2, 0) is 17.9 Å². The van der Waals surface area contributed by atoms with Gasteiger partial charge in [-0.15, -0.1) is 0 Å². The fraction of sp³-hybridized carbons (Fsp3) is 0.154. The van der Waals surface area contributed by atoms with E-state index < -0.39 is 5.56 Å². The van der Waals surface area contributed by atoms with Gasteiger partial charge in [0.2, 0.25) is 17.4 Å². The summed E-state index contributed by atoms with van der Waals surface area (Å²) in [4.78, 5) is 33.9. The Morgan fingerprint density at radius 1 is 1.09 bits per heavy atom. The topological polar surface area (TPSA) is 99.2 Å². The third kappa shape index (κ3) is 4.25. The van der Waals surface area contributed by atoms with Crippen molar-refractivity contribution in [2.24, 2.45) is 0 Å². The minimum atomic E-state index is -0.397. The zero-order chi connectivity index (χ0) is 23.7. The van der Waals surface area contributed by atoms with Crippen molar-refractivity contribution in [3.8, 4) is 11.6 Å². The second kappa shape index (κ2) is 8.82. The number of nitrogens with one attached hydrogen (secondary N) is 1. The van der Waals surface area contributed by atoms with Crippen molar-refractivity contribution in [1.29, 1.82) is 0 Å². The van der Waals surface area contributed by atoms with Crippen molar-refractivity contribution in [3.05, 3.63) is 94.2 Å². The minimum Gasteiger partial charge on any atom is -0.448 e. The molecule has 0 aliphatic carbocycles. The van der Waals surface area contributed by atoms with E-state index in [1.165, 1.54) is 10.9 Å². The quantitative estimate of drug-likeness (QED) is 0.412. The van der Waals surface area contributed by atoms with Crippen LogP contribution in [0.25, 0.3) is 22.1 Å². The van der Waals surface area contributed by atoms with Crippen LogP contribution in [0, 0.1) is 13.8 Å². The van der Waals surface area contributed by atoms with Gasteiger partial charge in [0.15, 0.2) is 0 Å². The number of carbonyl (C=O) groups excluding carboxylic acids is 1. The van der Waals surface area contributed by atoms with Crippen molar-refractivity contribution in [1.82, 2.24) is 19.9 Å². The number of para-hydroxylation sites is 1. The van der Waals surface area contributed by atoms with Crippen LogP contribution in [0.15, 0.2) is 76.3 Å². The number of hydrogen-bond acceptors (Lipinski definition) is 6. The van der Waals surface area contributed by atoms with E-state index in [4.69, 9.17) is 9.15 Å². The fourth-order valence-electron chi connectivity index (χ4n) is 3.64. The Morgan fingerprint density at radius 3 is 2.76 bits per heavy atom. The van der Waals surface area contributed by atoms with Crippen molar-refractivity contribution in [2.75, 3.05) is 0 Å². The zero-order valence-corrected chi connectivity index (χ0v) is 18.7. The molecule has 8 nitrogen and oxygen atoms in total. The molecule has 0 radical (unpaired) electrons. The number of amides is 1. The first kappa shape index (κ1) is 21.4. The Morgan fingerprint density at radius 2 is 1.94 bits per heavy atom. The van der Waals surface area contributed by atoms with E-state index in [9.17, 15) is 9.59 Å². The van der Waals surface area contributed by atoms with Crippen LogP contribution >= 0.6 is 0 Å². The summed E-state index contributed by atoms with van der Waals surface area (Å²) in [7, 11) is 0. The molecule has 34 heavy (non-hydrogen) atoms. The molecule has 0 fully saturated rings. The molecule has 0 unspecified atom stereocenters. The molecule has 1 amide bonds. The van der Waals surface area contributed by atoms with Gasteiger partial charge in [-0.05, 0) is 48.7 Å². The van der Waals surface area contributed by atoms with Gasteiger partial charge in [0, 0.05) is 24.2 Å². The number of benzene rings is 2. The Labute approximate surface area is 194 Å². The van der Waals surface area contributed by atoms with Crippen LogP contribution in [0.3, 0.4) is 0 Å². The first-order valence-electron chi connectivity index (χ1n) is 10.8. The lowest BCUT2D eigenvalue weighted by Gasteiger charge is -2.10. The van der Waals surface area contributed by atoms with Gasteiger partial charge in [-0.1, -0.05) is 30.3 Å². The van der Waals surface area contributed by atoms with E-state index >= 15 is 0 Å². The predicted molar refractivity (Wildman–Crippen MR) is 128 cm³/mol. The number of aryl methyl sites for hydroxylation is 2. The summed E-state index contributed by atoms with van der Waals surface area (Å²) in [6, 6.07) is 16.9. The van der Waals surface area contributed by atoms with Gasteiger partial charge < -0.3 is 14.5 Å². The van der Waals surface area contributed by atoms with Gasteiger partial charge in [-0.2, -0.15) is 0 Å². The van der Waals surface area contributed by atoms with Gasteiger partial charge >= 0.3 is 0 Å². The number of aromatic nitrogens is 3. The summed E-state index contributed by atoms with van der Waals surface area (Å²) in [6.45, 7) is 4.08. The Balaban J connectivity index is 1.23. The molecule has 170 valence electrons. The van der Waals surface area contributed by atoms with E-state index in [0.29, 0.717) is 17.0 Å². The molecule has 0 saturated carbocycles. The SMILES string of the molecule is Cc1ccc(C)c(Oc2ccc(CNC(=O)Cn3cnc4c(oc5ccccc54)c3=O)cn2)c1. The normalized spacial score (nSPS) is 11.1. The summed E-state index contributed by atoms with van der Waals surface area (Å²) in [5, 5.41) is 3.56. The largest absolute Gasteiger partial charge is 0.448 e. The maximum Gasteiger partial charge on any atom is 0.297 e. The van der Waals surface area contributed by atoms with Gasteiger partial charge in [0.05, 0.1) is 6.33 Å². The first-order valence-corrected chi connectivity index (χ1v) is 10.8. The van der Waals surface area contributed by atoms with Gasteiger partial charge in [-0.25, -0.2) is 9.97 Å². The number of furan rings is 1. The zero-order valence-electron chi connectivity index (χ0n) is 18.7. The second-order valence-corrected chi connectivity index (χ2v) is 8.11. The molecule has 3 aromatic heterocycles. The van der Waals surface area contributed by atoms with Crippen LogP contribution in [-0.4, -0.2) is 20.4 Å². The van der Waals surface area contributed by atoms with Crippen molar-refractivity contribution in [3.63, 3.8) is 0 Å². The third-order valence-electron chi connectivity index (χ3n) is 5.51. The Bertz CT molecular complexity index is 1570. The molecule has 3 heterocycles. The maximum atomic E-state index is 12.8. The van der Waals surface area contributed by atoms with Crippen LogP contribution < -0.4 is 15.6 Å². The van der Waals surface area contributed by atoms with E-state index in [2.05, 4.69) is 15.3 Å². The summed E-state index contributed by atoms with van der Waals surface area (Å²) >= 11 is 0. The molecule has 2 aromatic carbocycles. The molecule has 0 bridgehead atoms. The highest BCUT2D eigenvalue weighted by Crippen LogP contribution is 2.25. The highest BCUT2D eigenvalue weighted by molar-refractivity contribution is 6.01. The number of hydrogen-bond donors (Lipinski definition) is 1.